The van der Waals surface area contributed by atoms with Gasteiger partial charge in [-0.1, -0.05) is 0 Å². The Kier molecular flexibility index (Phi) is 9.46. The number of aliphatic hydroxyl groups is 1. The molecule has 0 spiro atoms. The summed E-state index contributed by atoms with van der Waals surface area (Å²) in [6, 6.07) is 1.67. The molecule has 0 saturated carbocycles. The number of hydrogen-bond acceptors (Lipinski definition) is 4. The fraction of sp³-hybridized carbons (Fsp3) is 0.571. The standard InChI is InChI=1S/C14H20BrF3N2O2.ClH/c1-3-22-7-8(2)20-12(6-21)9-4-10(14(16,17)18)13(19)11(15)5-9;/h4-5,8,12,20-21H,3,6-7,19H2,1-2H3;1H. The number of anilines is 1. The van der Waals surface area contributed by atoms with Crippen molar-refractivity contribution in [3.8, 4) is 0 Å². The Bertz CT molecular complexity index is 504. The van der Waals surface area contributed by atoms with Gasteiger partial charge in [-0.25, -0.2) is 0 Å². The Balaban J connectivity index is 0.00000484. The number of nitrogen functional groups attached to an aromatic ring is 1. The summed E-state index contributed by atoms with van der Waals surface area (Å²) in [5, 5.41) is 12.5. The van der Waals surface area contributed by atoms with Crippen LogP contribution in [0, 0.1) is 0 Å². The number of hydrogen-bond donors (Lipinski definition) is 3. The summed E-state index contributed by atoms with van der Waals surface area (Å²) in [6.45, 7) is 4.28. The molecule has 4 N–H and O–H groups in total. The Hall–Kier alpha value is -0.540. The molecule has 23 heavy (non-hydrogen) atoms. The van der Waals surface area contributed by atoms with Gasteiger partial charge in [0, 0.05) is 17.1 Å². The van der Waals surface area contributed by atoms with E-state index in [4.69, 9.17) is 10.5 Å². The SMILES string of the molecule is CCOCC(C)NC(CO)c1cc(Br)c(N)c(C(F)(F)F)c1.Cl. The lowest BCUT2D eigenvalue weighted by atomic mass is 10.0. The fourth-order valence-electron chi connectivity index (χ4n) is 2.02. The van der Waals surface area contributed by atoms with Crippen molar-refractivity contribution in [3.63, 3.8) is 0 Å². The minimum atomic E-state index is -4.56. The number of ether oxygens (including phenoxy) is 1. The highest BCUT2D eigenvalue weighted by molar-refractivity contribution is 9.10. The second-order valence-electron chi connectivity index (χ2n) is 4.92. The van der Waals surface area contributed by atoms with Crippen molar-refractivity contribution >= 4 is 34.0 Å². The summed E-state index contributed by atoms with van der Waals surface area (Å²) < 4.78 is 44.4. The molecule has 1 rings (SSSR count). The van der Waals surface area contributed by atoms with Crippen LogP contribution in [0.1, 0.15) is 31.0 Å². The molecule has 0 aliphatic heterocycles. The van der Waals surface area contributed by atoms with Crippen molar-refractivity contribution in [2.75, 3.05) is 25.6 Å². The first-order valence-corrected chi connectivity index (χ1v) is 7.60. The average molecular weight is 422 g/mol. The number of nitrogens with one attached hydrogen (secondary N) is 1. The van der Waals surface area contributed by atoms with Crippen molar-refractivity contribution in [1.29, 1.82) is 0 Å². The van der Waals surface area contributed by atoms with Crippen LogP contribution in [0.2, 0.25) is 0 Å². The number of alkyl halides is 3. The first-order valence-electron chi connectivity index (χ1n) is 6.81. The van der Waals surface area contributed by atoms with E-state index in [1.807, 2.05) is 13.8 Å². The fourth-order valence-corrected chi connectivity index (χ4v) is 2.49. The largest absolute Gasteiger partial charge is 0.418 e. The Morgan fingerprint density at radius 3 is 2.48 bits per heavy atom. The van der Waals surface area contributed by atoms with Crippen LogP contribution in [-0.2, 0) is 10.9 Å². The molecule has 9 heteroatoms. The zero-order chi connectivity index (χ0) is 16.9. The molecule has 0 bridgehead atoms. The van der Waals surface area contributed by atoms with Crippen LogP contribution in [0.15, 0.2) is 16.6 Å². The van der Waals surface area contributed by atoms with Crippen LogP contribution < -0.4 is 11.1 Å². The van der Waals surface area contributed by atoms with Crippen LogP contribution in [0.3, 0.4) is 0 Å². The predicted molar refractivity (Wildman–Crippen MR) is 89.7 cm³/mol. The molecular weight excluding hydrogens is 401 g/mol. The minimum absolute atomic E-state index is 0. The molecule has 0 saturated heterocycles. The summed E-state index contributed by atoms with van der Waals surface area (Å²) >= 11 is 3.04. The molecule has 1 aromatic rings. The van der Waals surface area contributed by atoms with Crippen LogP contribution in [0.25, 0.3) is 0 Å². The first-order chi connectivity index (χ1) is 10.2. The van der Waals surface area contributed by atoms with Crippen molar-refractivity contribution in [2.24, 2.45) is 0 Å². The highest BCUT2D eigenvalue weighted by Gasteiger charge is 2.34. The van der Waals surface area contributed by atoms with E-state index in [1.54, 1.807) is 0 Å². The number of benzene rings is 1. The zero-order valence-electron chi connectivity index (χ0n) is 12.8. The first kappa shape index (κ1) is 22.5. The van der Waals surface area contributed by atoms with Crippen LogP contribution in [-0.4, -0.2) is 31.0 Å². The van der Waals surface area contributed by atoms with Gasteiger partial charge in [-0.2, -0.15) is 13.2 Å². The summed E-state index contributed by atoms with van der Waals surface area (Å²) in [6.07, 6.45) is -4.56. The third-order valence-electron chi connectivity index (χ3n) is 3.10. The van der Waals surface area contributed by atoms with Gasteiger partial charge in [0.1, 0.15) is 0 Å². The molecule has 0 aromatic heterocycles. The summed E-state index contributed by atoms with van der Waals surface area (Å²) in [5.74, 6) is 0. The van der Waals surface area contributed by atoms with E-state index >= 15 is 0 Å². The second kappa shape index (κ2) is 9.68. The molecule has 0 aliphatic rings. The lowest BCUT2D eigenvalue weighted by Gasteiger charge is -2.23. The maximum atomic E-state index is 13.0. The van der Waals surface area contributed by atoms with Crippen molar-refractivity contribution < 1.29 is 23.0 Å². The van der Waals surface area contributed by atoms with Gasteiger partial charge < -0.3 is 20.9 Å². The Morgan fingerprint density at radius 1 is 1.39 bits per heavy atom. The molecule has 0 aliphatic carbocycles. The monoisotopic (exact) mass is 420 g/mol. The van der Waals surface area contributed by atoms with E-state index in [2.05, 4.69) is 21.2 Å². The van der Waals surface area contributed by atoms with Crippen molar-refractivity contribution in [3.05, 3.63) is 27.7 Å². The minimum Gasteiger partial charge on any atom is -0.397 e. The van der Waals surface area contributed by atoms with E-state index in [0.29, 0.717) is 18.8 Å². The highest BCUT2D eigenvalue weighted by atomic mass is 79.9. The maximum Gasteiger partial charge on any atom is 0.418 e. The normalized spacial score (nSPS) is 14.2. The molecule has 134 valence electrons. The van der Waals surface area contributed by atoms with Gasteiger partial charge in [0.15, 0.2) is 0 Å². The molecule has 2 atom stereocenters. The highest BCUT2D eigenvalue weighted by Crippen LogP contribution is 2.39. The number of aliphatic hydroxyl groups excluding tert-OH is 1. The van der Waals surface area contributed by atoms with E-state index in [-0.39, 0.29) is 35.2 Å². The molecule has 0 heterocycles. The maximum absolute atomic E-state index is 13.0. The molecule has 0 fully saturated rings. The third-order valence-corrected chi connectivity index (χ3v) is 3.76. The van der Waals surface area contributed by atoms with E-state index in [0.717, 1.165) is 6.07 Å². The van der Waals surface area contributed by atoms with E-state index < -0.39 is 17.8 Å². The quantitative estimate of drug-likeness (QED) is 0.589. The van der Waals surface area contributed by atoms with Gasteiger partial charge in [0.05, 0.1) is 30.5 Å². The average Bonchev–Trinajstić information content (AvgIpc) is 2.44. The molecule has 4 nitrogen and oxygen atoms in total. The molecule has 0 amide bonds. The summed E-state index contributed by atoms with van der Waals surface area (Å²) in [4.78, 5) is 0. The third kappa shape index (κ3) is 6.46. The van der Waals surface area contributed by atoms with E-state index in [9.17, 15) is 18.3 Å². The van der Waals surface area contributed by atoms with Gasteiger partial charge in [-0.3, -0.25) is 0 Å². The van der Waals surface area contributed by atoms with E-state index in [1.165, 1.54) is 6.07 Å². The zero-order valence-corrected chi connectivity index (χ0v) is 15.2. The van der Waals surface area contributed by atoms with Gasteiger partial charge in [0.25, 0.3) is 0 Å². The van der Waals surface area contributed by atoms with Gasteiger partial charge >= 0.3 is 6.18 Å². The number of rotatable bonds is 7. The Morgan fingerprint density at radius 2 is 2.00 bits per heavy atom. The van der Waals surface area contributed by atoms with Crippen molar-refractivity contribution in [2.45, 2.75) is 32.1 Å². The molecular formula is C14H21BrClF3N2O2. The molecule has 0 radical (unpaired) electrons. The van der Waals surface area contributed by atoms with Gasteiger partial charge in [-0.05, 0) is 47.5 Å². The van der Waals surface area contributed by atoms with Crippen LogP contribution in [0.5, 0.6) is 0 Å². The Labute approximate surface area is 148 Å². The molecule has 1 aromatic carbocycles. The number of nitrogens with two attached hydrogens (primary N) is 1. The van der Waals surface area contributed by atoms with Crippen molar-refractivity contribution in [1.82, 2.24) is 5.32 Å². The predicted octanol–water partition coefficient (Wildman–Crippen LogP) is 3.52. The van der Waals surface area contributed by atoms with Gasteiger partial charge in [0.2, 0.25) is 0 Å². The summed E-state index contributed by atoms with van der Waals surface area (Å²) in [7, 11) is 0. The lowest BCUT2D eigenvalue weighted by molar-refractivity contribution is -0.137. The topological polar surface area (TPSA) is 67.5 Å². The smallest absolute Gasteiger partial charge is 0.397 e. The second-order valence-corrected chi connectivity index (χ2v) is 5.78. The van der Waals surface area contributed by atoms with Gasteiger partial charge in [-0.15, -0.1) is 12.4 Å². The van der Waals surface area contributed by atoms with Crippen LogP contribution >= 0.6 is 28.3 Å². The summed E-state index contributed by atoms with van der Waals surface area (Å²) in [5.41, 5.74) is 4.49. The van der Waals surface area contributed by atoms with Crippen LogP contribution in [0.4, 0.5) is 18.9 Å². The number of halogens is 5. The molecule has 2 unspecified atom stereocenters. The lowest BCUT2D eigenvalue weighted by Crippen LogP contribution is -2.36.